The fourth-order valence-corrected chi connectivity index (χ4v) is 2.57. The monoisotopic (exact) mass is 224 g/mol. The average molecular weight is 224 g/mol. The van der Waals surface area contributed by atoms with Gasteiger partial charge in [0.25, 0.3) is 0 Å². The topological polar surface area (TPSA) is 61.4 Å². The highest BCUT2D eigenvalue weighted by Gasteiger charge is 2.34. The van der Waals surface area contributed by atoms with Crippen LogP contribution >= 0.6 is 0 Å². The summed E-state index contributed by atoms with van der Waals surface area (Å²) >= 11 is 0. The Hall–Kier alpha value is -1.03. The van der Waals surface area contributed by atoms with E-state index in [0.717, 1.165) is 38.5 Å². The predicted molar refractivity (Wildman–Crippen MR) is 62.1 cm³/mol. The number of rotatable bonds is 3. The normalized spacial score (nSPS) is 23.6. The number of urea groups is 1. The summed E-state index contributed by atoms with van der Waals surface area (Å²) in [7, 11) is 0. The van der Waals surface area contributed by atoms with E-state index in [1.807, 2.05) is 0 Å². The Balaban J connectivity index is 1.81. The molecule has 0 aromatic rings. The highest BCUT2D eigenvalue weighted by Crippen LogP contribution is 2.28. The first kappa shape index (κ1) is 11.5. The fraction of sp³-hybridized carbons (Fsp3) is 0.750. The van der Waals surface area contributed by atoms with Crippen molar-refractivity contribution in [3.63, 3.8) is 0 Å². The third-order valence-corrected chi connectivity index (χ3v) is 3.59. The molecule has 2 amide bonds. The fourth-order valence-electron chi connectivity index (χ4n) is 2.57. The molecule has 0 radical (unpaired) electrons. The Bertz CT molecular complexity index is 275. The van der Waals surface area contributed by atoms with Gasteiger partial charge < -0.3 is 15.7 Å². The molecule has 0 aromatic heterocycles. The molecule has 0 atom stereocenters. The summed E-state index contributed by atoms with van der Waals surface area (Å²) in [5, 5.41) is 15.3. The molecule has 1 fully saturated rings. The number of nitrogens with one attached hydrogen (secondary N) is 2. The molecule has 16 heavy (non-hydrogen) atoms. The lowest BCUT2D eigenvalue weighted by Gasteiger charge is -2.28. The van der Waals surface area contributed by atoms with Crippen LogP contribution in [0.25, 0.3) is 0 Å². The van der Waals surface area contributed by atoms with E-state index in [1.54, 1.807) is 0 Å². The van der Waals surface area contributed by atoms with Gasteiger partial charge in [-0.05, 0) is 25.7 Å². The summed E-state index contributed by atoms with van der Waals surface area (Å²) in [4.78, 5) is 11.8. The summed E-state index contributed by atoms with van der Waals surface area (Å²) in [6, 6.07) is 0.0989. The third-order valence-electron chi connectivity index (χ3n) is 3.59. The molecule has 90 valence electrons. The zero-order valence-electron chi connectivity index (χ0n) is 9.54. The number of amides is 2. The van der Waals surface area contributed by atoms with Crippen LogP contribution in [0, 0.1) is 0 Å². The van der Waals surface area contributed by atoms with Crippen LogP contribution in [-0.2, 0) is 0 Å². The van der Waals surface area contributed by atoms with E-state index >= 15 is 0 Å². The first-order valence-electron chi connectivity index (χ1n) is 6.09. The number of hydrogen-bond acceptors (Lipinski definition) is 2. The van der Waals surface area contributed by atoms with E-state index in [2.05, 4.69) is 22.8 Å². The molecule has 1 saturated carbocycles. The summed E-state index contributed by atoms with van der Waals surface area (Å²) in [5.74, 6) is 0. The van der Waals surface area contributed by atoms with Crippen LogP contribution in [-0.4, -0.2) is 29.3 Å². The van der Waals surface area contributed by atoms with Crippen LogP contribution in [0.3, 0.4) is 0 Å². The molecule has 0 bridgehead atoms. The van der Waals surface area contributed by atoms with Crippen LogP contribution in [0.5, 0.6) is 0 Å². The van der Waals surface area contributed by atoms with Crippen molar-refractivity contribution in [2.75, 3.05) is 6.61 Å². The molecule has 0 aliphatic heterocycles. The van der Waals surface area contributed by atoms with Crippen LogP contribution < -0.4 is 10.6 Å². The highest BCUT2D eigenvalue weighted by molar-refractivity contribution is 5.75. The predicted octanol–water partition coefficient (Wildman–Crippen LogP) is 1.31. The van der Waals surface area contributed by atoms with Gasteiger partial charge in [0.2, 0.25) is 0 Å². The van der Waals surface area contributed by atoms with E-state index in [9.17, 15) is 9.90 Å². The lowest BCUT2D eigenvalue weighted by atomic mass is 9.99. The smallest absolute Gasteiger partial charge is 0.315 e. The van der Waals surface area contributed by atoms with Crippen molar-refractivity contribution in [1.82, 2.24) is 10.6 Å². The zero-order valence-corrected chi connectivity index (χ0v) is 9.54. The Kier molecular flexibility index (Phi) is 3.49. The van der Waals surface area contributed by atoms with E-state index in [-0.39, 0.29) is 24.2 Å². The minimum atomic E-state index is -0.365. The van der Waals surface area contributed by atoms with E-state index in [4.69, 9.17) is 0 Å². The number of carbonyl (C=O) groups excluding carboxylic acids is 1. The van der Waals surface area contributed by atoms with Crippen molar-refractivity contribution in [1.29, 1.82) is 0 Å². The van der Waals surface area contributed by atoms with Crippen LogP contribution in [0.1, 0.15) is 38.5 Å². The Morgan fingerprint density at radius 2 is 1.94 bits per heavy atom. The largest absolute Gasteiger partial charge is 0.394 e. The third kappa shape index (κ3) is 2.55. The summed E-state index contributed by atoms with van der Waals surface area (Å²) < 4.78 is 0. The van der Waals surface area contributed by atoms with Gasteiger partial charge in [-0.2, -0.15) is 0 Å². The van der Waals surface area contributed by atoms with Crippen molar-refractivity contribution in [3.8, 4) is 0 Å². The Labute approximate surface area is 96.1 Å². The quantitative estimate of drug-likeness (QED) is 0.633. The van der Waals surface area contributed by atoms with Crippen molar-refractivity contribution in [2.45, 2.75) is 50.1 Å². The molecule has 0 aromatic carbocycles. The maximum Gasteiger partial charge on any atom is 0.315 e. The van der Waals surface area contributed by atoms with Gasteiger partial charge >= 0.3 is 6.03 Å². The van der Waals surface area contributed by atoms with Crippen LogP contribution in [0.15, 0.2) is 12.2 Å². The van der Waals surface area contributed by atoms with E-state index in [1.165, 1.54) is 0 Å². The Morgan fingerprint density at radius 1 is 1.31 bits per heavy atom. The lowest BCUT2D eigenvalue weighted by Crippen LogP contribution is -2.54. The molecule has 0 heterocycles. The van der Waals surface area contributed by atoms with Gasteiger partial charge in [-0.3, -0.25) is 0 Å². The maximum atomic E-state index is 11.8. The molecule has 0 unspecified atom stereocenters. The van der Waals surface area contributed by atoms with Gasteiger partial charge in [0.15, 0.2) is 0 Å². The molecule has 0 saturated heterocycles. The summed E-state index contributed by atoms with van der Waals surface area (Å²) in [6.07, 6.45) is 9.96. The minimum absolute atomic E-state index is 0.0450. The van der Waals surface area contributed by atoms with Crippen LogP contribution in [0.2, 0.25) is 0 Å². The summed E-state index contributed by atoms with van der Waals surface area (Å²) in [6.45, 7) is 0.0450. The molecule has 2 rings (SSSR count). The molecule has 2 aliphatic carbocycles. The number of aliphatic hydroxyl groups excluding tert-OH is 1. The molecular weight excluding hydrogens is 204 g/mol. The van der Waals surface area contributed by atoms with E-state index in [0.29, 0.717) is 0 Å². The Morgan fingerprint density at radius 3 is 2.50 bits per heavy atom. The second-order valence-electron chi connectivity index (χ2n) is 4.88. The van der Waals surface area contributed by atoms with Gasteiger partial charge in [-0.1, -0.05) is 25.0 Å². The summed E-state index contributed by atoms with van der Waals surface area (Å²) in [5.41, 5.74) is -0.365. The number of hydrogen-bond donors (Lipinski definition) is 3. The number of carbonyl (C=O) groups is 1. The molecule has 0 spiro atoms. The molecule has 4 nitrogen and oxygen atoms in total. The lowest BCUT2D eigenvalue weighted by molar-refractivity contribution is 0.161. The van der Waals surface area contributed by atoms with Gasteiger partial charge in [0.05, 0.1) is 12.1 Å². The average Bonchev–Trinajstić information content (AvgIpc) is 2.90. The standard InChI is InChI=1S/C12H20N2O2/c15-9-12(7-3-4-8-12)14-11(16)13-10-5-1-2-6-10/h1-2,10,15H,3-9H2,(H2,13,14,16). The minimum Gasteiger partial charge on any atom is -0.394 e. The van der Waals surface area contributed by atoms with Crippen LogP contribution in [0.4, 0.5) is 4.79 Å². The van der Waals surface area contributed by atoms with Gasteiger partial charge in [0, 0.05) is 6.04 Å². The van der Waals surface area contributed by atoms with E-state index < -0.39 is 0 Å². The first-order valence-corrected chi connectivity index (χ1v) is 6.09. The first-order chi connectivity index (χ1) is 7.74. The van der Waals surface area contributed by atoms with Crippen molar-refractivity contribution in [2.24, 2.45) is 0 Å². The maximum absolute atomic E-state index is 11.8. The molecular formula is C12H20N2O2. The SMILES string of the molecule is O=C(NC1CC=CC1)NC1(CO)CCCC1. The van der Waals surface area contributed by atoms with Gasteiger partial charge in [-0.15, -0.1) is 0 Å². The van der Waals surface area contributed by atoms with Crippen molar-refractivity contribution in [3.05, 3.63) is 12.2 Å². The molecule has 4 heteroatoms. The van der Waals surface area contributed by atoms with Crippen molar-refractivity contribution < 1.29 is 9.90 Å². The zero-order chi connectivity index (χ0) is 11.4. The molecule has 2 aliphatic rings. The molecule has 3 N–H and O–H groups in total. The van der Waals surface area contributed by atoms with Gasteiger partial charge in [-0.25, -0.2) is 4.79 Å². The second-order valence-corrected chi connectivity index (χ2v) is 4.88. The van der Waals surface area contributed by atoms with Gasteiger partial charge in [0.1, 0.15) is 0 Å². The number of aliphatic hydroxyl groups is 1. The second kappa shape index (κ2) is 4.87. The van der Waals surface area contributed by atoms with Crippen molar-refractivity contribution >= 4 is 6.03 Å². The highest BCUT2D eigenvalue weighted by atomic mass is 16.3.